The largest absolute Gasteiger partial charge is 0.454 e. The average Bonchev–Trinajstić information content (AvgIpc) is 3.19. The SMILES string of the molecule is Cc1cc(C=Nc2ccc3c(c2)OCO3)c(C)n1-c1ccc(F)c(Cl)c1. The molecule has 2 aromatic carbocycles. The summed E-state index contributed by atoms with van der Waals surface area (Å²) in [5.74, 6) is 1.00. The maximum atomic E-state index is 13.4. The van der Waals surface area contributed by atoms with E-state index in [1.807, 2.05) is 48.9 Å². The zero-order chi connectivity index (χ0) is 18.3. The van der Waals surface area contributed by atoms with Gasteiger partial charge in [-0.15, -0.1) is 0 Å². The highest BCUT2D eigenvalue weighted by Crippen LogP contribution is 2.35. The summed E-state index contributed by atoms with van der Waals surface area (Å²) in [5, 5.41) is 0.102. The molecule has 26 heavy (non-hydrogen) atoms. The number of halogens is 2. The molecule has 2 heterocycles. The molecule has 4 rings (SSSR count). The van der Waals surface area contributed by atoms with Gasteiger partial charge in [0.2, 0.25) is 6.79 Å². The van der Waals surface area contributed by atoms with Crippen molar-refractivity contribution < 1.29 is 13.9 Å². The number of rotatable bonds is 3. The highest BCUT2D eigenvalue weighted by Gasteiger charge is 2.14. The van der Waals surface area contributed by atoms with Crippen molar-refractivity contribution >= 4 is 23.5 Å². The second kappa shape index (κ2) is 6.50. The lowest BCUT2D eigenvalue weighted by atomic mass is 10.2. The number of hydrogen-bond acceptors (Lipinski definition) is 3. The van der Waals surface area contributed by atoms with Crippen molar-refractivity contribution in [1.82, 2.24) is 4.57 Å². The van der Waals surface area contributed by atoms with Crippen molar-refractivity contribution in [2.24, 2.45) is 4.99 Å². The fraction of sp³-hybridized carbons (Fsp3) is 0.150. The third-order valence-corrected chi connectivity index (χ3v) is 4.63. The van der Waals surface area contributed by atoms with Gasteiger partial charge in [0.05, 0.1) is 10.7 Å². The van der Waals surface area contributed by atoms with Gasteiger partial charge >= 0.3 is 0 Å². The molecule has 1 aliphatic rings. The second-order valence-corrected chi connectivity index (χ2v) is 6.46. The Morgan fingerprint density at radius 1 is 1.08 bits per heavy atom. The maximum Gasteiger partial charge on any atom is 0.231 e. The zero-order valence-electron chi connectivity index (χ0n) is 14.3. The van der Waals surface area contributed by atoms with E-state index < -0.39 is 5.82 Å². The topological polar surface area (TPSA) is 35.8 Å². The molecule has 0 N–H and O–H groups in total. The second-order valence-electron chi connectivity index (χ2n) is 6.06. The van der Waals surface area contributed by atoms with E-state index in [1.54, 1.807) is 12.1 Å². The summed E-state index contributed by atoms with van der Waals surface area (Å²) in [5.41, 5.74) is 4.57. The quantitative estimate of drug-likeness (QED) is 0.581. The van der Waals surface area contributed by atoms with Gasteiger partial charge in [-0.3, -0.25) is 4.99 Å². The summed E-state index contributed by atoms with van der Waals surface area (Å²) in [6.45, 7) is 4.22. The molecule has 0 fully saturated rings. The lowest BCUT2D eigenvalue weighted by molar-refractivity contribution is 0.174. The van der Waals surface area contributed by atoms with Gasteiger partial charge in [-0.2, -0.15) is 0 Å². The lowest BCUT2D eigenvalue weighted by Gasteiger charge is -2.10. The first kappa shape index (κ1) is 16.7. The first-order valence-electron chi connectivity index (χ1n) is 8.11. The number of nitrogens with zero attached hydrogens (tertiary/aromatic N) is 2. The van der Waals surface area contributed by atoms with E-state index in [2.05, 4.69) is 4.99 Å². The highest BCUT2D eigenvalue weighted by molar-refractivity contribution is 6.30. The van der Waals surface area contributed by atoms with Crippen LogP contribution in [0.3, 0.4) is 0 Å². The van der Waals surface area contributed by atoms with Gasteiger partial charge in [-0.05, 0) is 50.2 Å². The molecule has 132 valence electrons. The number of aromatic nitrogens is 1. The van der Waals surface area contributed by atoms with Gasteiger partial charge in [-0.25, -0.2) is 4.39 Å². The van der Waals surface area contributed by atoms with Gasteiger partial charge in [0.15, 0.2) is 11.5 Å². The summed E-state index contributed by atoms with van der Waals surface area (Å²) >= 11 is 5.93. The number of hydrogen-bond donors (Lipinski definition) is 0. The van der Waals surface area contributed by atoms with E-state index in [1.165, 1.54) is 6.07 Å². The number of aryl methyl sites for hydroxylation is 1. The fourth-order valence-electron chi connectivity index (χ4n) is 3.05. The Labute approximate surface area is 155 Å². The highest BCUT2D eigenvalue weighted by atomic mass is 35.5. The molecule has 0 atom stereocenters. The molecule has 0 saturated carbocycles. The van der Waals surface area contributed by atoms with Crippen LogP contribution in [0.4, 0.5) is 10.1 Å². The molecule has 0 spiro atoms. The van der Waals surface area contributed by atoms with Crippen LogP contribution in [0.15, 0.2) is 47.5 Å². The van der Waals surface area contributed by atoms with Crippen LogP contribution in [0.1, 0.15) is 17.0 Å². The zero-order valence-corrected chi connectivity index (χ0v) is 15.0. The molecule has 1 aromatic heterocycles. The third-order valence-electron chi connectivity index (χ3n) is 4.34. The van der Waals surface area contributed by atoms with Crippen LogP contribution in [-0.2, 0) is 0 Å². The summed E-state index contributed by atoms with van der Waals surface area (Å²) in [7, 11) is 0. The number of fused-ring (bicyclic) bond motifs is 1. The Bertz CT molecular complexity index is 1030. The van der Waals surface area contributed by atoms with Crippen molar-refractivity contribution in [3.8, 4) is 17.2 Å². The Morgan fingerprint density at radius 2 is 1.88 bits per heavy atom. The molecule has 4 nitrogen and oxygen atoms in total. The van der Waals surface area contributed by atoms with Gasteiger partial charge in [0.25, 0.3) is 0 Å². The molecule has 0 amide bonds. The molecule has 1 aliphatic heterocycles. The van der Waals surface area contributed by atoms with Crippen LogP contribution < -0.4 is 9.47 Å². The van der Waals surface area contributed by atoms with Crippen LogP contribution in [0, 0.1) is 19.7 Å². The van der Waals surface area contributed by atoms with Crippen molar-refractivity contribution in [1.29, 1.82) is 0 Å². The van der Waals surface area contributed by atoms with Crippen LogP contribution in [-0.4, -0.2) is 17.6 Å². The predicted molar refractivity (Wildman–Crippen MR) is 100 cm³/mol. The molecule has 0 bridgehead atoms. The van der Waals surface area contributed by atoms with E-state index >= 15 is 0 Å². The van der Waals surface area contributed by atoms with Gasteiger partial charge in [-0.1, -0.05) is 11.6 Å². The smallest absolute Gasteiger partial charge is 0.231 e. The van der Waals surface area contributed by atoms with E-state index in [-0.39, 0.29) is 11.8 Å². The number of aliphatic imine (C=N–C) groups is 1. The lowest BCUT2D eigenvalue weighted by Crippen LogP contribution is -2.00. The molecular weight excluding hydrogens is 355 g/mol. The first-order valence-corrected chi connectivity index (χ1v) is 8.49. The minimum Gasteiger partial charge on any atom is -0.454 e. The Kier molecular flexibility index (Phi) is 4.17. The first-order chi connectivity index (χ1) is 12.5. The minimum absolute atomic E-state index is 0.102. The van der Waals surface area contributed by atoms with E-state index in [9.17, 15) is 4.39 Å². The number of benzene rings is 2. The van der Waals surface area contributed by atoms with Gasteiger partial charge in [0, 0.05) is 34.9 Å². The average molecular weight is 371 g/mol. The van der Waals surface area contributed by atoms with Crippen LogP contribution in [0.5, 0.6) is 11.5 Å². The summed E-state index contributed by atoms with van der Waals surface area (Å²) < 4.78 is 26.1. The molecular formula is C20H16ClFN2O2. The molecule has 0 saturated heterocycles. The van der Waals surface area contributed by atoms with Crippen molar-refractivity contribution in [3.63, 3.8) is 0 Å². The minimum atomic E-state index is -0.428. The van der Waals surface area contributed by atoms with Crippen LogP contribution in [0.2, 0.25) is 5.02 Å². The third kappa shape index (κ3) is 2.95. The van der Waals surface area contributed by atoms with Crippen LogP contribution >= 0.6 is 11.6 Å². The Balaban J connectivity index is 1.67. The molecule has 0 unspecified atom stereocenters. The van der Waals surface area contributed by atoms with Gasteiger partial charge in [0.1, 0.15) is 5.82 Å². The van der Waals surface area contributed by atoms with E-state index in [0.717, 1.165) is 34.1 Å². The molecule has 0 aliphatic carbocycles. The standard InChI is InChI=1S/C20H16ClFN2O2/c1-12-7-14(10-23-15-3-6-19-20(8-15)26-11-25-19)13(2)24(12)16-4-5-18(22)17(21)9-16/h3-10H,11H2,1-2H3. The van der Waals surface area contributed by atoms with Crippen molar-refractivity contribution in [2.75, 3.05) is 6.79 Å². The maximum absolute atomic E-state index is 13.4. The molecule has 3 aromatic rings. The predicted octanol–water partition coefficient (Wildman–Crippen LogP) is 5.37. The fourth-order valence-corrected chi connectivity index (χ4v) is 3.22. The summed E-state index contributed by atoms with van der Waals surface area (Å²) in [4.78, 5) is 4.53. The van der Waals surface area contributed by atoms with Gasteiger partial charge < -0.3 is 14.0 Å². The van der Waals surface area contributed by atoms with Crippen molar-refractivity contribution in [2.45, 2.75) is 13.8 Å². The molecule has 6 heteroatoms. The normalized spacial score (nSPS) is 12.9. The number of ether oxygens (including phenoxy) is 2. The summed E-state index contributed by atoms with van der Waals surface area (Å²) in [6.07, 6.45) is 1.81. The Morgan fingerprint density at radius 3 is 2.69 bits per heavy atom. The van der Waals surface area contributed by atoms with E-state index in [4.69, 9.17) is 21.1 Å². The van der Waals surface area contributed by atoms with E-state index in [0.29, 0.717) is 5.75 Å². The summed E-state index contributed by atoms with van der Waals surface area (Å²) in [6, 6.07) is 12.3. The van der Waals surface area contributed by atoms with Crippen molar-refractivity contribution in [3.05, 3.63) is 70.3 Å². The molecule has 0 radical (unpaired) electrons. The Hall–Kier alpha value is -2.79. The monoisotopic (exact) mass is 370 g/mol. The van der Waals surface area contributed by atoms with Crippen LogP contribution in [0.25, 0.3) is 5.69 Å².